The first kappa shape index (κ1) is 7.74. The molecule has 0 unspecified atom stereocenters. The number of nitrogens with one attached hydrogen (secondary N) is 1. The third-order valence-electron chi connectivity index (χ3n) is 1.08. The topological polar surface area (TPSA) is 46.2 Å². The van der Waals surface area contributed by atoms with E-state index in [1.165, 1.54) is 6.26 Å². The second-order valence-electron chi connectivity index (χ2n) is 2.25. The number of alkyl halides is 1. The molecule has 1 fully saturated rings. The molecule has 54 valence electrons. The number of hydrogen-bond donors (Lipinski definition) is 1. The van der Waals surface area contributed by atoms with Gasteiger partial charge in [-0.15, -0.1) is 0 Å². The van der Waals surface area contributed by atoms with Crippen LogP contribution in [0.1, 0.15) is 6.42 Å². The normalized spacial score (nSPS) is 34.4. The molecular weight excluding hydrogens is 253 g/mol. The Balaban J connectivity index is 2.37. The van der Waals surface area contributed by atoms with Crippen LogP contribution >= 0.6 is 22.6 Å². The lowest BCUT2D eigenvalue weighted by atomic mass is 10.8. The Labute approximate surface area is 68.4 Å². The monoisotopic (exact) mass is 261 g/mol. The summed E-state index contributed by atoms with van der Waals surface area (Å²) >= 11 is 2.23. The summed E-state index contributed by atoms with van der Waals surface area (Å²) in [6.07, 6.45) is 2.17. The Morgan fingerprint density at radius 1 is 1.67 bits per heavy atom. The molecule has 0 aromatic rings. The summed E-state index contributed by atoms with van der Waals surface area (Å²) in [5.74, 6) is 0. The predicted octanol–water partition coefficient (Wildman–Crippen LogP) is 0.112. The largest absolute Gasteiger partial charge is 0.213 e. The van der Waals surface area contributed by atoms with Crippen molar-refractivity contribution in [1.82, 2.24) is 4.72 Å². The van der Waals surface area contributed by atoms with Crippen molar-refractivity contribution in [3.63, 3.8) is 0 Å². The molecule has 0 spiro atoms. The molecule has 0 aliphatic heterocycles. The highest BCUT2D eigenvalue weighted by Gasteiger charge is 2.36. The summed E-state index contributed by atoms with van der Waals surface area (Å²) < 4.78 is 24.0. The van der Waals surface area contributed by atoms with Crippen LogP contribution in [0.3, 0.4) is 0 Å². The van der Waals surface area contributed by atoms with Crippen LogP contribution in [-0.2, 0) is 10.0 Å². The van der Waals surface area contributed by atoms with Crippen LogP contribution in [0.5, 0.6) is 0 Å². The molecule has 0 bridgehead atoms. The minimum atomic E-state index is -2.95. The molecular formula is C4H8INO2S. The third kappa shape index (κ3) is 2.81. The number of sulfonamides is 1. The van der Waals surface area contributed by atoms with E-state index >= 15 is 0 Å². The van der Waals surface area contributed by atoms with Crippen LogP contribution in [0.25, 0.3) is 0 Å². The molecule has 0 aromatic heterocycles. The van der Waals surface area contributed by atoms with Gasteiger partial charge in [-0.2, -0.15) is 0 Å². The summed E-state index contributed by atoms with van der Waals surface area (Å²) in [6.45, 7) is 0. The Bertz CT molecular complexity index is 201. The molecule has 0 radical (unpaired) electrons. The van der Waals surface area contributed by atoms with Crippen molar-refractivity contribution >= 4 is 32.6 Å². The van der Waals surface area contributed by atoms with Gasteiger partial charge in [-0.25, -0.2) is 13.1 Å². The number of rotatable bonds is 2. The molecule has 0 aromatic carbocycles. The first-order valence-corrected chi connectivity index (χ1v) is 5.74. The Hall–Kier alpha value is 0.640. The standard InChI is InChI=1S/C4H8INO2S/c1-9(7,8)6-4-2-3(4)5/h3-4,6H,2H2,1H3/t3-,4-/m1/s1. The second kappa shape index (κ2) is 2.35. The first-order chi connectivity index (χ1) is 3.99. The second-order valence-corrected chi connectivity index (χ2v) is 5.63. The zero-order valence-corrected chi connectivity index (χ0v) is 7.94. The summed E-state index contributed by atoms with van der Waals surface area (Å²) in [5, 5.41) is 0. The van der Waals surface area contributed by atoms with Crippen LogP contribution in [0, 0.1) is 0 Å². The lowest BCUT2D eigenvalue weighted by Gasteiger charge is -1.95. The smallest absolute Gasteiger partial charge is 0.208 e. The SMILES string of the molecule is CS(=O)(=O)N[C@@H]1C[C@H]1I. The van der Waals surface area contributed by atoms with Gasteiger partial charge in [-0.05, 0) is 6.42 Å². The average molecular weight is 261 g/mol. The zero-order chi connectivity index (χ0) is 7.07. The maximum atomic E-state index is 10.5. The van der Waals surface area contributed by atoms with Gasteiger partial charge in [0.2, 0.25) is 10.0 Å². The van der Waals surface area contributed by atoms with Gasteiger partial charge in [-0.1, -0.05) is 22.6 Å². The van der Waals surface area contributed by atoms with Crippen molar-refractivity contribution in [2.75, 3.05) is 6.26 Å². The van der Waals surface area contributed by atoms with E-state index in [1.807, 2.05) is 0 Å². The summed E-state index contributed by atoms with van der Waals surface area (Å²) in [5.41, 5.74) is 0. The van der Waals surface area contributed by atoms with Crippen LogP contribution in [0.15, 0.2) is 0 Å². The molecule has 0 amide bonds. The molecule has 1 saturated carbocycles. The van der Waals surface area contributed by atoms with E-state index in [-0.39, 0.29) is 6.04 Å². The minimum absolute atomic E-state index is 0.209. The van der Waals surface area contributed by atoms with Crippen LogP contribution in [0.2, 0.25) is 0 Å². The molecule has 1 aliphatic carbocycles. The van der Waals surface area contributed by atoms with Gasteiger partial charge in [0.05, 0.1) is 6.26 Å². The lowest BCUT2D eigenvalue weighted by molar-refractivity contribution is 0.587. The highest BCUT2D eigenvalue weighted by atomic mass is 127. The summed E-state index contributed by atoms with van der Waals surface area (Å²) in [4.78, 5) is 0. The molecule has 9 heavy (non-hydrogen) atoms. The van der Waals surface area contributed by atoms with Crippen molar-refractivity contribution in [2.45, 2.75) is 16.4 Å². The fraction of sp³-hybridized carbons (Fsp3) is 1.00. The number of hydrogen-bond acceptors (Lipinski definition) is 2. The van der Waals surface area contributed by atoms with Gasteiger partial charge in [-0.3, -0.25) is 0 Å². The minimum Gasteiger partial charge on any atom is -0.213 e. The quantitative estimate of drug-likeness (QED) is 0.566. The van der Waals surface area contributed by atoms with Crippen LogP contribution in [0.4, 0.5) is 0 Å². The zero-order valence-electron chi connectivity index (χ0n) is 4.96. The maximum absolute atomic E-state index is 10.5. The van der Waals surface area contributed by atoms with Gasteiger partial charge < -0.3 is 0 Å². The van der Waals surface area contributed by atoms with Crippen LogP contribution in [-0.4, -0.2) is 24.6 Å². The van der Waals surface area contributed by atoms with Gasteiger partial charge >= 0.3 is 0 Å². The van der Waals surface area contributed by atoms with E-state index in [4.69, 9.17) is 0 Å². The Morgan fingerprint density at radius 2 is 2.11 bits per heavy atom. The molecule has 5 heteroatoms. The van der Waals surface area contributed by atoms with E-state index < -0.39 is 10.0 Å². The highest BCUT2D eigenvalue weighted by Crippen LogP contribution is 2.30. The first-order valence-electron chi connectivity index (χ1n) is 2.60. The fourth-order valence-corrected chi connectivity index (χ4v) is 2.34. The van der Waals surface area contributed by atoms with E-state index in [0.29, 0.717) is 3.92 Å². The van der Waals surface area contributed by atoms with E-state index in [0.717, 1.165) is 6.42 Å². The van der Waals surface area contributed by atoms with Crippen molar-refractivity contribution in [3.8, 4) is 0 Å². The van der Waals surface area contributed by atoms with Crippen molar-refractivity contribution in [3.05, 3.63) is 0 Å². The number of halogens is 1. The fourth-order valence-electron chi connectivity index (χ4n) is 0.561. The molecule has 0 heterocycles. The lowest BCUT2D eigenvalue weighted by Crippen LogP contribution is -2.25. The molecule has 2 atom stereocenters. The van der Waals surface area contributed by atoms with Crippen molar-refractivity contribution in [2.24, 2.45) is 0 Å². The van der Waals surface area contributed by atoms with E-state index in [9.17, 15) is 8.42 Å². The van der Waals surface area contributed by atoms with Crippen molar-refractivity contribution < 1.29 is 8.42 Å². The van der Waals surface area contributed by atoms with Gasteiger partial charge in [0.25, 0.3) is 0 Å². The molecule has 1 aliphatic rings. The average Bonchev–Trinajstić information content (AvgIpc) is 2.13. The molecule has 0 saturated heterocycles. The van der Waals surface area contributed by atoms with E-state index in [2.05, 4.69) is 27.3 Å². The Morgan fingerprint density at radius 3 is 2.22 bits per heavy atom. The molecule has 1 rings (SSSR count). The summed E-state index contributed by atoms with van der Waals surface area (Å²) in [6, 6.07) is 0.209. The highest BCUT2D eigenvalue weighted by molar-refractivity contribution is 14.1. The van der Waals surface area contributed by atoms with E-state index in [1.54, 1.807) is 0 Å². The van der Waals surface area contributed by atoms with Gasteiger partial charge in [0.15, 0.2) is 0 Å². The molecule has 3 nitrogen and oxygen atoms in total. The Kier molecular flexibility index (Phi) is 2.02. The maximum Gasteiger partial charge on any atom is 0.208 e. The summed E-state index contributed by atoms with van der Waals surface area (Å²) in [7, 11) is -2.95. The predicted molar refractivity (Wildman–Crippen MR) is 44.2 cm³/mol. The van der Waals surface area contributed by atoms with Gasteiger partial charge in [0, 0.05) is 9.97 Å². The molecule has 1 N–H and O–H groups in total. The van der Waals surface area contributed by atoms with Crippen LogP contribution < -0.4 is 4.72 Å². The van der Waals surface area contributed by atoms with Crippen molar-refractivity contribution in [1.29, 1.82) is 0 Å². The van der Waals surface area contributed by atoms with Gasteiger partial charge in [0.1, 0.15) is 0 Å². The third-order valence-corrected chi connectivity index (χ3v) is 3.19.